The fourth-order valence-corrected chi connectivity index (χ4v) is 2.08. The number of rotatable bonds is 2. The normalized spacial score (nSPS) is 10.7. The monoisotopic (exact) mass is 285 g/mol. The summed E-state index contributed by atoms with van der Waals surface area (Å²) in [6.07, 6.45) is 1.36. The van der Waals surface area contributed by atoms with Gasteiger partial charge in [-0.2, -0.15) is 0 Å². The van der Waals surface area contributed by atoms with Crippen molar-refractivity contribution in [1.29, 1.82) is 0 Å². The number of phenolic OH excluding ortho intramolecular Hbond substituents is 1. The van der Waals surface area contributed by atoms with Crippen molar-refractivity contribution >= 4 is 22.6 Å². The Kier molecular flexibility index (Phi) is 2.98. The van der Waals surface area contributed by atoms with Gasteiger partial charge in [0.1, 0.15) is 11.4 Å². The van der Waals surface area contributed by atoms with Crippen molar-refractivity contribution < 1.29 is 18.7 Å². The molecule has 6 nitrogen and oxygen atoms in total. The lowest BCUT2D eigenvalue weighted by Gasteiger charge is -2.09. The number of furan rings is 1. The third-order valence-electron chi connectivity index (χ3n) is 3.08. The van der Waals surface area contributed by atoms with Gasteiger partial charge < -0.3 is 19.3 Å². The van der Waals surface area contributed by atoms with Crippen LogP contribution in [-0.2, 0) is 0 Å². The Hall–Kier alpha value is -3.02. The molecule has 1 aromatic carbocycles. The molecule has 0 fully saturated rings. The van der Waals surface area contributed by atoms with E-state index in [4.69, 9.17) is 8.83 Å². The largest absolute Gasteiger partial charge is 0.506 e. The Morgan fingerprint density at radius 3 is 2.81 bits per heavy atom. The minimum Gasteiger partial charge on any atom is -0.506 e. The van der Waals surface area contributed by atoms with Crippen LogP contribution in [-0.4, -0.2) is 11.0 Å². The van der Waals surface area contributed by atoms with Crippen LogP contribution in [0.3, 0.4) is 0 Å². The van der Waals surface area contributed by atoms with Gasteiger partial charge in [-0.3, -0.25) is 4.79 Å². The average Bonchev–Trinajstić information content (AvgIpc) is 2.96. The van der Waals surface area contributed by atoms with Crippen molar-refractivity contribution in [2.75, 3.05) is 5.32 Å². The second-order valence-electron chi connectivity index (χ2n) is 4.52. The minimum atomic E-state index is -0.556. The number of amides is 1. The van der Waals surface area contributed by atoms with E-state index in [1.54, 1.807) is 19.1 Å². The van der Waals surface area contributed by atoms with Crippen LogP contribution >= 0.6 is 0 Å². The van der Waals surface area contributed by atoms with Gasteiger partial charge in [0.15, 0.2) is 11.3 Å². The Bertz CT molecular complexity index is 877. The summed E-state index contributed by atoms with van der Waals surface area (Å²) in [4.78, 5) is 23.5. The van der Waals surface area contributed by atoms with Crippen LogP contribution in [0.4, 0.5) is 5.69 Å². The van der Waals surface area contributed by atoms with E-state index in [0.717, 1.165) is 0 Å². The van der Waals surface area contributed by atoms with Gasteiger partial charge >= 0.3 is 5.63 Å². The molecule has 3 aromatic rings. The van der Waals surface area contributed by atoms with Crippen molar-refractivity contribution in [3.63, 3.8) is 0 Å². The molecule has 0 spiro atoms. The van der Waals surface area contributed by atoms with E-state index >= 15 is 0 Å². The summed E-state index contributed by atoms with van der Waals surface area (Å²) in [6, 6.07) is 7.44. The number of benzene rings is 1. The van der Waals surface area contributed by atoms with Crippen LogP contribution < -0.4 is 10.9 Å². The van der Waals surface area contributed by atoms with Crippen LogP contribution in [0.1, 0.15) is 16.1 Å². The van der Waals surface area contributed by atoms with Gasteiger partial charge in [-0.1, -0.05) is 0 Å². The number of hydrogen-bond donors (Lipinski definition) is 2. The first-order chi connectivity index (χ1) is 10.1. The molecule has 0 atom stereocenters. The summed E-state index contributed by atoms with van der Waals surface area (Å²) in [5, 5.41) is 13.1. The number of carbonyl (C=O) groups is 1. The average molecular weight is 285 g/mol. The van der Waals surface area contributed by atoms with Crippen LogP contribution in [0.25, 0.3) is 11.0 Å². The molecule has 2 N–H and O–H groups in total. The fraction of sp³-hybridized carbons (Fsp3) is 0.0667. The van der Waals surface area contributed by atoms with Gasteiger partial charge in [-0.25, -0.2) is 4.79 Å². The molecular weight excluding hydrogens is 274 g/mol. The number of carbonyl (C=O) groups excluding carboxylic acids is 1. The molecule has 0 bridgehead atoms. The van der Waals surface area contributed by atoms with E-state index in [9.17, 15) is 14.7 Å². The topological polar surface area (TPSA) is 92.7 Å². The van der Waals surface area contributed by atoms with Gasteiger partial charge in [0.2, 0.25) is 0 Å². The molecule has 0 aliphatic heterocycles. The summed E-state index contributed by atoms with van der Waals surface area (Å²) in [5.41, 5.74) is 0.295. The van der Waals surface area contributed by atoms with E-state index < -0.39 is 11.5 Å². The van der Waals surface area contributed by atoms with Crippen LogP contribution in [0.15, 0.2) is 50.2 Å². The zero-order chi connectivity index (χ0) is 15.0. The van der Waals surface area contributed by atoms with E-state index in [2.05, 4.69) is 5.32 Å². The third kappa shape index (κ3) is 2.27. The molecule has 106 valence electrons. The molecular formula is C15H11NO5. The highest BCUT2D eigenvalue weighted by molar-refractivity contribution is 6.08. The molecule has 3 rings (SSSR count). The minimum absolute atomic E-state index is 0.0368. The summed E-state index contributed by atoms with van der Waals surface area (Å²) >= 11 is 0. The molecule has 0 unspecified atom stereocenters. The maximum Gasteiger partial charge on any atom is 0.336 e. The summed E-state index contributed by atoms with van der Waals surface area (Å²) in [6.45, 7) is 1.74. The van der Waals surface area contributed by atoms with Gasteiger partial charge in [0.25, 0.3) is 5.91 Å². The van der Waals surface area contributed by atoms with E-state index in [-0.39, 0.29) is 22.8 Å². The van der Waals surface area contributed by atoms with E-state index in [1.807, 2.05) is 0 Å². The summed E-state index contributed by atoms with van der Waals surface area (Å²) in [5.74, 6) is -0.662. The maximum atomic E-state index is 12.0. The predicted octanol–water partition coefficient (Wildman–Crippen LogP) is 2.65. The Morgan fingerprint density at radius 1 is 1.29 bits per heavy atom. The van der Waals surface area contributed by atoms with E-state index in [0.29, 0.717) is 10.9 Å². The lowest BCUT2D eigenvalue weighted by Crippen LogP contribution is -2.12. The summed E-state index contributed by atoms with van der Waals surface area (Å²) < 4.78 is 10.1. The molecule has 21 heavy (non-hydrogen) atoms. The molecule has 1 amide bonds. The molecule has 2 aromatic heterocycles. The zero-order valence-electron chi connectivity index (χ0n) is 11.0. The maximum absolute atomic E-state index is 12.0. The van der Waals surface area contributed by atoms with Crippen LogP contribution in [0.2, 0.25) is 0 Å². The highest BCUT2D eigenvalue weighted by Gasteiger charge is 2.16. The number of hydrogen-bond acceptors (Lipinski definition) is 5. The second kappa shape index (κ2) is 4.82. The van der Waals surface area contributed by atoms with Crippen molar-refractivity contribution in [3.8, 4) is 5.75 Å². The lowest BCUT2D eigenvalue weighted by molar-refractivity contribution is 0.0996. The second-order valence-corrected chi connectivity index (χ2v) is 4.52. The molecule has 0 aliphatic carbocycles. The number of nitrogens with one attached hydrogen (secondary N) is 1. The molecule has 0 saturated carbocycles. The standard InChI is InChI=1S/C15H11NO5/c1-8-7-12(18)21-14-9(8)4-5-10(17)13(14)16-15(19)11-3-2-6-20-11/h2-7,17H,1H3,(H,16,19). The number of anilines is 1. The molecule has 0 saturated heterocycles. The SMILES string of the molecule is Cc1cc(=O)oc2c(NC(=O)c3ccco3)c(O)ccc12. The lowest BCUT2D eigenvalue weighted by atomic mass is 10.1. The zero-order valence-corrected chi connectivity index (χ0v) is 11.0. The first-order valence-electron chi connectivity index (χ1n) is 6.17. The highest BCUT2D eigenvalue weighted by atomic mass is 16.4. The fourth-order valence-electron chi connectivity index (χ4n) is 2.08. The number of aromatic hydroxyl groups is 1. The van der Waals surface area contributed by atoms with Crippen molar-refractivity contribution in [3.05, 3.63) is 58.3 Å². The Morgan fingerprint density at radius 2 is 2.10 bits per heavy atom. The molecule has 0 aliphatic rings. The Balaban J connectivity index is 2.15. The van der Waals surface area contributed by atoms with Gasteiger partial charge in [0, 0.05) is 11.5 Å². The van der Waals surface area contributed by atoms with Gasteiger partial charge in [-0.05, 0) is 36.8 Å². The van der Waals surface area contributed by atoms with Gasteiger partial charge in [0.05, 0.1) is 6.26 Å². The first-order valence-corrected chi connectivity index (χ1v) is 6.17. The molecule has 2 heterocycles. The first kappa shape index (κ1) is 13.0. The van der Waals surface area contributed by atoms with Crippen molar-refractivity contribution in [1.82, 2.24) is 0 Å². The Labute approximate surface area is 118 Å². The predicted molar refractivity (Wildman–Crippen MR) is 75.5 cm³/mol. The number of phenols is 1. The van der Waals surface area contributed by atoms with E-state index in [1.165, 1.54) is 24.5 Å². The molecule has 6 heteroatoms. The smallest absolute Gasteiger partial charge is 0.336 e. The van der Waals surface area contributed by atoms with Gasteiger partial charge in [-0.15, -0.1) is 0 Å². The highest BCUT2D eigenvalue weighted by Crippen LogP contribution is 2.33. The number of aryl methyl sites for hydroxylation is 1. The quantitative estimate of drug-likeness (QED) is 0.557. The molecule has 0 radical (unpaired) electrons. The van der Waals surface area contributed by atoms with Crippen LogP contribution in [0.5, 0.6) is 5.75 Å². The van der Waals surface area contributed by atoms with Crippen molar-refractivity contribution in [2.45, 2.75) is 6.92 Å². The third-order valence-corrected chi connectivity index (χ3v) is 3.08. The number of fused-ring (bicyclic) bond motifs is 1. The summed E-state index contributed by atoms with van der Waals surface area (Å²) in [7, 11) is 0. The van der Waals surface area contributed by atoms with Crippen molar-refractivity contribution in [2.24, 2.45) is 0 Å². The van der Waals surface area contributed by atoms with Crippen LogP contribution in [0, 0.1) is 6.92 Å².